The van der Waals surface area contributed by atoms with Gasteiger partial charge >= 0.3 is 5.97 Å². The number of carboxylic acids is 1. The van der Waals surface area contributed by atoms with Crippen molar-refractivity contribution >= 4 is 28.7 Å². The molecule has 7 heteroatoms. The van der Waals surface area contributed by atoms with Crippen LogP contribution in [-0.2, 0) is 11.2 Å². The van der Waals surface area contributed by atoms with Crippen LogP contribution in [0.2, 0.25) is 0 Å². The molecule has 7 nitrogen and oxygen atoms in total. The first-order valence-electron chi connectivity index (χ1n) is 10.6. The van der Waals surface area contributed by atoms with Crippen molar-refractivity contribution in [2.75, 3.05) is 22.9 Å². The number of benzene rings is 3. The number of fused-ring (bicyclic) bond motifs is 2. The fourth-order valence-corrected chi connectivity index (χ4v) is 3.82. The lowest BCUT2D eigenvalue weighted by Gasteiger charge is -2.39. The molecule has 4 rings (SSSR count). The fourth-order valence-electron chi connectivity index (χ4n) is 3.82. The highest BCUT2D eigenvalue weighted by molar-refractivity contribution is 5.92. The van der Waals surface area contributed by atoms with Crippen LogP contribution in [0.15, 0.2) is 66.7 Å². The first-order chi connectivity index (χ1) is 15.4. The maximum absolute atomic E-state index is 10.4. The highest BCUT2D eigenvalue weighted by Crippen LogP contribution is 2.47. The molecule has 0 spiro atoms. The second-order valence-electron chi connectivity index (χ2n) is 7.44. The Balaban J connectivity index is 0.000000188. The van der Waals surface area contributed by atoms with Gasteiger partial charge in [-0.05, 0) is 62.2 Å². The van der Waals surface area contributed by atoms with E-state index < -0.39 is 12.0 Å². The van der Waals surface area contributed by atoms with Gasteiger partial charge in [0.25, 0.3) is 0 Å². The summed E-state index contributed by atoms with van der Waals surface area (Å²) in [5, 5.41) is 26.6. The van der Waals surface area contributed by atoms with E-state index >= 15 is 0 Å². The number of hydrogen-bond acceptors (Lipinski definition) is 6. The highest BCUT2D eigenvalue weighted by Gasteiger charge is 2.25. The van der Waals surface area contributed by atoms with Crippen molar-refractivity contribution in [3.63, 3.8) is 0 Å². The third kappa shape index (κ3) is 4.78. The van der Waals surface area contributed by atoms with E-state index in [4.69, 9.17) is 21.1 Å². The zero-order valence-electron chi connectivity index (χ0n) is 18.3. The first-order valence-corrected chi connectivity index (χ1v) is 10.6. The Hall–Kier alpha value is -3.71. The van der Waals surface area contributed by atoms with Gasteiger partial charge < -0.3 is 30.9 Å². The summed E-state index contributed by atoms with van der Waals surface area (Å²) in [7, 11) is 0. The number of rotatable bonds is 5. The van der Waals surface area contributed by atoms with Crippen LogP contribution >= 0.6 is 0 Å². The van der Waals surface area contributed by atoms with E-state index in [-0.39, 0.29) is 17.9 Å². The van der Waals surface area contributed by atoms with E-state index in [1.54, 1.807) is 0 Å². The maximum Gasteiger partial charge on any atom is 0.320 e. The molecule has 5 N–H and O–H groups in total. The van der Waals surface area contributed by atoms with Gasteiger partial charge in [-0.2, -0.15) is 0 Å². The number of phenols is 2. The summed E-state index contributed by atoms with van der Waals surface area (Å²) in [5.74, 6) is -1.62. The number of aliphatic carboxylic acids is 1. The van der Waals surface area contributed by atoms with Crippen molar-refractivity contribution < 1.29 is 20.1 Å². The predicted molar refractivity (Wildman–Crippen MR) is 127 cm³/mol. The minimum atomic E-state index is -1.10. The van der Waals surface area contributed by atoms with Gasteiger partial charge in [-0.1, -0.05) is 30.3 Å². The molecule has 1 atom stereocenters. The largest absolute Gasteiger partial charge is 0.504 e. The number of nitrogens with two attached hydrogens (primary N) is 1. The van der Waals surface area contributed by atoms with E-state index in [0.717, 1.165) is 13.1 Å². The van der Waals surface area contributed by atoms with E-state index in [9.17, 15) is 4.79 Å². The molecule has 1 unspecified atom stereocenters. The molecular formula is C25H29N3O4. The third-order valence-corrected chi connectivity index (χ3v) is 5.37. The topological polar surface area (TPSA) is 110 Å². The van der Waals surface area contributed by atoms with Gasteiger partial charge in [0.05, 0.1) is 22.7 Å². The maximum atomic E-state index is 10.4. The van der Waals surface area contributed by atoms with Crippen LogP contribution < -0.4 is 15.5 Å². The summed E-state index contributed by atoms with van der Waals surface area (Å²) < 4.78 is 0. The van der Waals surface area contributed by atoms with Crippen molar-refractivity contribution in [3.8, 4) is 11.5 Å². The van der Waals surface area contributed by atoms with Gasteiger partial charge in [0.15, 0.2) is 11.5 Å². The second-order valence-corrected chi connectivity index (χ2v) is 7.44. The van der Waals surface area contributed by atoms with Crippen molar-refractivity contribution in [3.05, 3.63) is 72.3 Å². The molecule has 0 saturated carbocycles. The standard InChI is InChI=1S/C16H18N2.C9H11NO4/c1-3-17-13-9-5-7-11-15(13)18(4-2)16-12-8-6-10-14(16)17;10-6(9(13)14)3-5-1-2-7(11)8(12)4-5/h5-12H,3-4H2,1-2H3;1-2,4,6,11-12H,3,10H2,(H,13,14). The molecule has 3 aromatic carbocycles. The van der Waals surface area contributed by atoms with Gasteiger partial charge in [0.1, 0.15) is 6.04 Å². The molecule has 1 heterocycles. The van der Waals surface area contributed by atoms with Crippen LogP contribution in [0.1, 0.15) is 19.4 Å². The lowest BCUT2D eigenvalue weighted by molar-refractivity contribution is -0.138. The molecule has 0 aromatic heterocycles. The number of carboxylic acid groups (broad SMARTS) is 1. The van der Waals surface area contributed by atoms with Crippen molar-refractivity contribution in [2.24, 2.45) is 5.73 Å². The Morgan fingerprint density at radius 3 is 1.59 bits per heavy atom. The number of aromatic hydroxyl groups is 2. The van der Waals surface area contributed by atoms with E-state index in [0.29, 0.717) is 5.56 Å². The zero-order chi connectivity index (χ0) is 23.3. The van der Waals surface area contributed by atoms with Gasteiger partial charge in [0, 0.05) is 13.1 Å². The van der Waals surface area contributed by atoms with Crippen molar-refractivity contribution in [2.45, 2.75) is 26.3 Å². The predicted octanol–water partition coefficient (Wildman–Crippen LogP) is 4.37. The summed E-state index contributed by atoms with van der Waals surface area (Å²) in [5.41, 5.74) is 11.1. The first kappa shape index (κ1) is 23.0. The van der Waals surface area contributed by atoms with Crippen molar-refractivity contribution in [1.29, 1.82) is 0 Å². The Labute approximate surface area is 188 Å². The quantitative estimate of drug-likeness (QED) is 0.441. The summed E-state index contributed by atoms with van der Waals surface area (Å²) in [6.07, 6.45) is 0.114. The summed E-state index contributed by atoms with van der Waals surface area (Å²) >= 11 is 0. The average Bonchev–Trinajstić information content (AvgIpc) is 2.80. The molecule has 0 bridgehead atoms. The third-order valence-electron chi connectivity index (χ3n) is 5.37. The SMILES string of the molecule is CCN1c2ccccc2N(CC)c2ccccc21.NC(Cc1ccc(O)c(O)c1)C(=O)O. The van der Waals surface area contributed by atoms with Crippen LogP contribution in [0.3, 0.4) is 0 Å². The molecule has 1 aliphatic rings. The number of para-hydroxylation sites is 4. The van der Waals surface area contributed by atoms with E-state index in [1.807, 2.05) is 0 Å². The summed E-state index contributed by atoms with van der Waals surface area (Å²) in [6.45, 7) is 6.39. The normalized spacial score (nSPS) is 12.8. The Morgan fingerprint density at radius 1 is 0.812 bits per heavy atom. The van der Waals surface area contributed by atoms with Crippen molar-refractivity contribution in [1.82, 2.24) is 0 Å². The fraction of sp³-hybridized carbons (Fsp3) is 0.240. The second kappa shape index (κ2) is 10.1. The molecular weight excluding hydrogens is 406 g/mol. The molecule has 1 aliphatic heterocycles. The lowest BCUT2D eigenvalue weighted by Crippen LogP contribution is -2.32. The molecule has 3 aromatic rings. The van der Waals surface area contributed by atoms with Crippen LogP contribution in [0.4, 0.5) is 22.7 Å². The minimum absolute atomic E-state index is 0.114. The molecule has 0 fully saturated rings. The molecule has 32 heavy (non-hydrogen) atoms. The van der Waals surface area contributed by atoms with Crippen LogP contribution in [0.25, 0.3) is 0 Å². The molecule has 0 amide bonds. The zero-order valence-corrected chi connectivity index (χ0v) is 18.3. The van der Waals surface area contributed by atoms with Gasteiger partial charge in [-0.3, -0.25) is 4.79 Å². The Morgan fingerprint density at radius 2 is 1.25 bits per heavy atom. The molecule has 0 radical (unpaired) electrons. The number of phenolic OH excluding ortho intramolecular Hbond substituents is 2. The Bertz CT molecular complexity index is 989. The average molecular weight is 436 g/mol. The highest BCUT2D eigenvalue weighted by atomic mass is 16.4. The van der Waals surface area contributed by atoms with Gasteiger partial charge in [0.2, 0.25) is 0 Å². The number of nitrogens with zero attached hydrogens (tertiary/aromatic N) is 2. The lowest BCUT2D eigenvalue weighted by atomic mass is 10.1. The molecule has 0 saturated heterocycles. The Kier molecular flexibility index (Phi) is 7.22. The number of anilines is 4. The molecule has 0 aliphatic carbocycles. The summed E-state index contributed by atoms with van der Waals surface area (Å²) in [6, 6.07) is 20.4. The smallest absolute Gasteiger partial charge is 0.320 e. The van der Waals surface area contributed by atoms with Gasteiger partial charge in [-0.15, -0.1) is 0 Å². The summed E-state index contributed by atoms with van der Waals surface area (Å²) in [4.78, 5) is 15.2. The van der Waals surface area contributed by atoms with Crippen LogP contribution in [0.5, 0.6) is 11.5 Å². The minimum Gasteiger partial charge on any atom is -0.504 e. The number of hydrogen-bond donors (Lipinski definition) is 4. The number of carbonyl (C=O) groups is 1. The van der Waals surface area contributed by atoms with Crippen LogP contribution in [0, 0.1) is 0 Å². The molecule has 168 valence electrons. The monoisotopic (exact) mass is 435 g/mol. The van der Waals surface area contributed by atoms with E-state index in [1.165, 1.54) is 40.9 Å². The van der Waals surface area contributed by atoms with Gasteiger partial charge in [-0.25, -0.2) is 0 Å². The van der Waals surface area contributed by atoms with E-state index in [2.05, 4.69) is 72.2 Å². The van der Waals surface area contributed by atoms with Crippen LogP contribution in [-0.4, -0.2) is 40.4 Å².